The van der Waals surface area contributed by atoms with Gasteiger partial charge in [0.1, 0.15) is 29.5 Å². The van der Waals surface area contributed by atoms with Gasteiger partial charge < -0.3 is 19.9 Å². The first-order valence-electron chi connectivity index (χ1n) is 16.2. The van der Waals surface area contributed by atoms with Gasteiger partial charge in [-0.3, -0.25) is 14.4 Å². The molecule has 5 heterocycles. The average molecular weight is 646 g/mol. The van der Waals surface area contributed by atoms with Crippen LogP contribution in [-0.4, -0.2) is 95.6 Å². The summed E-state index contributed by atoms with van der Waals surface area (Å²) in [6.45, 7) is 6.84. The monoisotopic (exact) mass is 645 g/mol. The Hall–Kier alpha value is -4.33. The van der Waals surface area contributed by atoms with Crippen LogP contribution in [0.25, 0.3) is 11.1 Å². The van der Waals surface area contributed by atoms with Gasteiger partial charge in [-0.15, -0.1) is 0 Å². The third kappa shape index (κ3) is 6.74. The number of halogens is 2. The molecule has 2 aromatic carbocycles. The zero-order valence-corrected chi connectivity index (χ0v) is 27.1. The Morgan fingerprint density at radius 2 is 1.66 bits per heavy atom. The van der Waals surface area contributed by atoms with Crippen LogP contribution in [-0.2, 0) is 11.9 Å². The molecule has 1 N–H and O–H groups in total. The second-order valence-corrected chi connectivity index (χ2v) is 12.6. The quantitative estimate of drug-likeness (QED) is 0.282. The van der Waals surface area contributed by atoms with Gasteiger partial charge >= 0.3 is 0 Å². The van der Waals surface area contributed by atoms with Crippen LogP contribution in [0.5, 0.6) is 5.75 Å². The van der Waals surface area contributed by atoms with Crippen LogP contribution in [0.1, 0.15) is 30.9 Å². The number of ether oxygens (including phenoxy) is 1. The van der Waals surface area contributed by atoms with Crippen molar-refractivity contribution >= 4 is 23.0 Å². The highest BCUT2D eigenvalue weighted by atomic mass is 19.1. The molecule has 2 aromatic heterocycles. The number of hydrogen-bond donors (Lipinski definition) is 1. The summed E-state index contributed by atoms with van der Waals surface area (Å²) in [4.78, 5) is 22.3. The molecule has 3 aliphatic rings. The fourth-order valence-electron chi connectivity index (χ4n) is 6.99. The summed E-state index contributed by atoms with van der Waals surface area (Å²) in [7, 11) is 5.78. The van der Waals surface area contributed by atoms with Gasteiger partial charge in [-0.05, 0) is 43.7 Å². The van der Waals surface area contributed by atoms with E-state index in [0.717, 1.165) is 80.7 Å². The Morgan fingerprint density at radius 1 is 0.894 bits per heavy atom. The minimum absolute atomic E-state index is 0.394. The number of aryl methyl sites for hydroxylation is 1. The van der Waals surface area contributed by atoms with Crippen molar-refractivity contribution in [2.45, 2.75) is 31.3 Å². The minimum atomic E-state index is -0.628. The smallest absolute Gasteiger partial charge is 0.158 e. The number of piperazine rings is 1. The van der Waals surface area contributed by atoms with Crippen LogP contribution in [0.2, 0.25) is 0 Å². The number of piperidine rings is 1. The zero-order chi connectivity index (χ0) is 32.5. The first-order chi connectivity index (χ1) is 22.8. The van der Waals surface area contributed by atoms with Crippen molar-refractivity contribution in [2.75, 3.05) is 75.3 Å². The summed E-state index contributed by atoms with van der Waals surface area (Å²) in [5.74, 6) is 0.416. The summed E-state index contributed by atoms with van der Waals surface area (Å²) in [5, 5.41) is 9.48. The number of nitrogens with zero attached hydrogens (tertiary/aromatic N) is 8. The van der Waals surface area contributed by atoms with E-state index >= 15 is 0 Å². The van der Waals surface area contributed by atoms with Crippen LogP contribution in [0.15, 0.2) is 55.1 Å². The van der Waals surface area contributed by atoms with Crippen LogP contribution in [0.3, 0.4) is 0 Å². The molecular formula is C34H41F2N9O2. The molecule has 0 aliphatic carbocycles. The summed E-state index contributed by atoms with van der Waals surface area (Å²) in [6.07, 6.45) is 8.14. The van der Waals surface area contributed by atoms with Crippen molar-refractivity contribution in [3.63, 3.8) is 0 Å². The van der Waals surface area contributed by atoms with Gasteiger partial charge in [-0.25, -0.2) is 23.8 Å². The molecule has 3 fully saturated rings. The molecule has 0 bridgehead atoms. The average Bonchev–Trinajstić information content (AvgIpc) is 3.74. The van der Waals surface area contributed by atoms with Crippen LogP contribution in [0, 0.1) is 11.6 Å². The SMILES string of the molecule is COc1cc(N2CCC(N3CCN(C)CC3)CC2)c(-c2cnn(C)c2)cc1Nc1cc(N2OCCC2c2cc(F)cc(F)c2)ncn1. The molecule has 0 spiro atoms. The minimum Gasteiger partial charge on any atom is -0.494 e. The largest absolute Gasteiger partial charge is 0.494 e. The van der Waals surface area contributed by atoms with E-state index in [9.17, 15) is 8.78 Å². The molecule has 248 valence electrons. The highest BCUT2D eigenvalue weighted by Gasteiger charge is 2.31. The maximum absolute atomic E-state index is 14.0. The normalized spacial score (nSPS) is 19.8. The van der Waals surface area contributed by atoms with E-state index in [1.54, 1.807) is 18.2 Å². The summed E-state index contributed by atoms with van der Waals surface area (Å²) in [5.41, 5.74) is 4.38. The van der Waals surface area contributed by atoms with Crippen molar-refractivity contribution in [2.24, 2.45) is 7.05 Å². The van der Waals surface area contributed by atoms with E-state index in [0.29, 0.717) is 42.0 Å². The van der Waals surface area contributed by atoms with Gasteiger partial charge in [0.2, 0.25) is 0 Å². The molecule has 11 nitrogen and oxygen atoms in total. The lowest BCUT2D eigenvalue weighted by Gasteiger charge is -2.43. The van der Waals surface area contributed by atoms with Crippen molar-refractivity contribution in [1.29, 1.82) is 0 Å². The third-order valence-electron chi connectivity index (χ3n) is 9.51. The van der Waals surface area contributed by atoms with Gasteiger partial charge in [-0.1, -0.05) is 0 Å². The van der Waals surface area contributed by atoms with Crippen LogP contribution >= 0.6 is 0 Å². The van der Waals surface area contributed by atoms with Gasteiger partial charge in [0, 0.05) is 100.0 Å². The number of likely N-dealkylation sites (N-methyl/N-ethyl adjacent to an activating group) is 1. The maximum Gasteiger partial charge on any atom is 0.158 e. The summed E-state index contributed by atoms with van der Waals surface area (Å²) in [6, 6.07) is 9.68. The van der Waals surface area contributed by atoms with Crippen molar-refractivity contribution in [1.82, 2.24) is 29.5 Å². The Kier molecular flexibility index (Phi) is 8.93. The second kappa shape index (κ2) is 13.4. The summed E-state index contributed by atoms with van der Waals surface area (Å²) < 4.78 is 35.8. The number of rotatable bonds is 8. The first-order valence-corrected chi connectivity index (χ1v) is 16.2. The van der Waals surface area contributed by atoms with E-state index in [1.165, 1.54) is 18.5 Å². The number of benzene rings is 2. The van der Waals surface area contributed by atoms with Crippen molar-refractivity contribution in [3.05, 3.63) is 72.3 Å². The lowest BCUT2D eigenvalue weighted by atomic mass is 9.98. The molecule has 4 aromatic rings. The topological polar surface area (TPSA) is 87.1 Å². The molecule has 1 unspecified atom stereocenters. The molecule has 1 atom stereocenters. The van der Waals surface area contributed by atoms with E-state index in [2.05, 4.69) is 54.3 Å². The Balaban J connectivity index is 1.15. The number of anilines is 4. The molecule has 3 aliphatic heterocycles. The van der Waals surface area contributed by atoms with E-state index < -0.39 is 17.7 Å². The van der Waals surface area contributed by atoms with Crippen molar-refractivity contribution in [3.8, 4) is 16.9 Å². The predicted molar refractivity (Wildman–Crippen MR) is 177 cm³/mol. The Bertz CT molecular complexity index is 1680. The molecule has 3 saturated heterocycles. The molecular weight excluding hydrogens is 604 g/mol. The highest BCUT2D eigenvalue weighted by molar-refractivity contribution is 5.85. The van der Waals surface area contributed by atoms with Gasteiger partial charge in [0.15, 0.2) is 5.82 Å². The number of nitrogens with one attached hydrogen (secondary N) is 1. The number of hydroxylamine groups is 1. The zero-order valence-electron chi connectivity index (χ0n) is 27.1. The van der Waals surface area contributed by atoms with Crippen LogP contribution in [0.4, 0.5) is 31.8 Å². The molecule has 0 saturated carbocycles. The molecule has 47 heavy (non-hydrogen) atoms. The molecule has 0 amide bonds. The molecule has 7 rings (SSSR count). The first kappa shape index (κ1) is 31.3. The second-order valence-electron chi connectivity index (χ2n) is 12.6. The fourth-order valence-corrected chi connectivity index (χ4v) is 6.99. The number of aromatic nitrogens is 4. The summed E-state index contributed by atoms with van der Waals surface area (Å²) >= 11 is 0. The predicted octanol–water partition coefficient (Wildman–Crippen LogP) is 5.01. The van der Waals surface area contributed by atoms with Gasteiger partial charge in [0.25, 0.3) is 0 Å². The van der Waals surface area contributed by atoms with E-state index in [1.807, 2.05) is 24.1 Å². The van der Waals surface area contributed by atoms with E-state index in [4.69, 9.17) is 9.57 Å². The standard InChI is InChI=1S/C34H41F2N9O2/c1-41-9-11-43(12-10-41)27-4-7-44(8-5-27)31-18-32(46-3)29(17-28(31)24-20-39-42(2)21-24)40-33-19-34(38-22-37-33)45-30(6-13-47-45)23-14-25(35)16-26(36)15-23/h14-22,27,30H,4-13H2,1-3H3,(H,37,38,40). The van der Waals surface area contributed by atoms with E-state index in [-0.39, 0.29) is 0 Å². The number of methoxy groups -OCH3 is 1. The fraction of sp³-hybridized carbons (Fsp3) is 0.441. The Labute approximate surface area is 273 Å². The van der Waals surface area contributed by atoms with Crippen LogP contribution < -0.4 is 20.0 Å². The number of hydrogen-bond acceptors (Lipinski definition) is 10. The maximum atomic E-state index is 14.0. The van der Waals surface area contributed by atoms with Crippen molar-refractivity contribution < 1.29 is 18.4 Å². The third-order valence-corrected chi connectivity index (χ3v) is 9.51. The van der Waals surface area contributed by atoms with Gasteiger partial charge in [0.05, 0.1) is 31.6 Å². The molecule has 13 heteroatoms. The Morgan fingerprint density at radius 3 is 2.36 bits per heavy atom. The lowest BCUT2D eigenvalue weighted by molar-refractivity contribution is 0.0982. The molecule has 0 radical (unpaired) electrons. The van der Waals surface area contributed by atoms with Gasteiger partial charge in [-0.2, -0.15) is 5.10 Å². The lowest BCUT2D eigenvalue weighted by Crippen LogP contribution is -2.52. The highest BCUT2D eigenvalue weighted by Crippen LogP contribution is 2.42.